The number of hydrogen-bond donors (Lipinski definition) is 0. The van der Waals surface area contributed by atoms with Crippen molar-refractivity contribution in [1.82, 2.24) is 24.6 Å². The van der Waals surface area contributed by atoms with Crippen molar-refractivity contribution in [2.45, 2.75) is 44.7 Å². The molecule has 160 valence electrons. The number of rotatable bonds is 2. The fraction of sp³-hybridized carbons (Fsp3) is 0.308. The summed E-state index contributed by atoms with van der Waals surface area (Å²) in [5.74, 6) is 0.0630. The molecule has 3 aromatic heterocycles. The number of hydrogen-bond acceptors (Lipinski definition) is 4. The Kier molecular flexibility index (Phi) is 4.35. The predicted molar refractivity (Wildman–Crippen MR) is 123 cm³/mol. The summed E-state index contributed by atoms with van der Waals surface area (Å²) in [4.78, 5) is 24.9. The summed E-state index contributed by atoms with van der Waals surface area (Å²) < 4.78 is 2.00. The highest BCUT2D eigenvalue weighted by Gasteiger charge is 2.43. The van der Waals surface area contributed by atoms with E-state index in [2.05, 4.69) is 39.1 Å². The number of pyridine rings is 2. The molecule has 6 nitrogen and oxygen atoms in total. The first-order valence-electron chi connectivity index (χ1n) is 11.3. The molecule has 0 radical (unpaired) electrons. The Morgan fingerprint density at radius 1 is 1.09 bits per heavy atom. The first kappa shape index (κ1) is 19.2. The van der Waals surface area contributed by atoms with Gasteiger partial charge in [0.25, 0.3) is 5.91 Å². The lowest BCUT2D eigenvalue weighted by Gasteiger charge is -2.45. The quantitative estimate of drug-likeness (QED) is 0.472. The Balaban J connectivity index is 1.44. The number of aromatic nitrogens is 4. The molecule has 1 saturated heterocycles. The minimum absolute atomic E-state index is 0.0117. The summed E-state index contributed by atoms with van der Waals surface area (Å²) in [5.41, 5.74) is 6.81. The third-order valence-electron chi connectivity index (χ3n) is 6.97. The van der Waals surface area contributed by atoms with E-state index in [-0.39, 0.29) is 18.0 Å². The highest BCUT2D eigenvalue weighted by Crippen LogP contribution is 2.45. The smallest absolute Gasteiger partial charge is 0.256 e. The second kappa shape index (κ2) is 7.26. The molecule has 2 aliphatic heterocycles. The fourth-order valence-electron chi connectivity index (χ4n) is 5.56. The van der Waals surface area contributed by atoms with Gasteiger partial charge in [-0.1, -0.05) is 30.3 Å². The molecule has 1 amide bonds. The monoisotopic (exact) mass is 423 g/mol. The SMILES string of the molecule is Cc1nc2ncccc2cc1C(=O)N1C2CCCC1c1nn(C)c(-c3ccccc3)c1C2. The van der Waals surface area contributed by atoms with Gasteiger partial charge in [-0.2, -0.15) is 5.10 Å². The second-order valence-corrected chi connectivity index (χ2v) is 8.89. The van der Waals surface area contributed by atoms with Crippen molar-refractivity contribution < 1.29 is 4.79 Å². The summed E-state index contributed by atoms with van der Waals surface area (Å²) in [7, 11) is 2.02. The number of benzene rings is 1. The second-order valence-electron chi connectivity index (χ2n) is 8.89. The van der Waals surface area contributed by atoms with Gasteiger partial charge in [0, 0.05) is 35.8 Å². The van der Waals surface area contributed by atoms with Crippen LogP contribution >= 0.6 is 0 Å². The number of carbonyl (C=O) groups excluding carboxylic acids is 1. The Morgan fingerprint density at radius 3 is 2.78 bits per heavy atom. The number of fused-ring (bicyclic) bond motifs is 5. The number of aryl methyl sites for hydroxylation is 2. The third kappa shape index (κ3) is 2.86. The minimum atomic E-state index is 0.0117. The van der Waals surface area contributed by atoms with Gasteiger partial charge in [0.15, 0.2) is 5.65 Å². The summed E-state index contributed by atoms with van der Waals surface area (Å²) in [6.45, 7) is 1.90. The van der Waals surface area contributed by atoms with Gasteiger partial charge in [-0.25, -0.2) is 9.97 Å². The van der Waals surface area contributed by atoms with Crippen LogP contribution in [0.15, 0.2) is 54.7 Å². The van der Waals surface area contributed by atoms with Crippen LogP contribution in [0, 0.1) is 6.92 Å². The van der Waals surface area contributed by atoms with Crippen LogP contribution in [0.2, 0.25) is 0 Å². The van der Waals surface area contributed by atoms with E-state index in [1.54, 1.807) is 6.20 Å². The summed E-state index contributed by atoms with van der Waals surface area (Å²) in [6, 6.07) is 16.5. The van der Waals surface area contributed by atoms with E-state index in [4.69, 9.17) is 5.10 Å². The molecule has 2 unspecified atom stereocenters. The van der Waals surface area contributed by atoms with Crippen LogP contribution in [0.4, 0.5) is 0 Å². The van der Waals surface area contributed by atoms with Crippen molar-refractivity contribution in [3.05, 3.63) is 77.2 Å². The lowest BCUT2D eigenvalue weighted by Crippen LogP contribution is -2.50. The molecule has 0 spiro atoms. The fourth-order valence-corrected chi connectivity index (χ4v) is 5.56. The normalized spacial score (nSPS) is 19.8. The van der Waals surface area contributed by atoms with Gasteiger partial charge in [0.2, 0.25) is 0 Å². The Bertz CT molecular complexity index is 1340. The summed E-state index contributed by atoms with van der Waals surface area (Å²) in [6.07, 6.45) is 5.67. The number of carbonyl (C=O) groups is 1. The van der Waals surface area contributed by atoms with Crippen molar-refractivity contribution in [3.8, 4) is 11.3 Å². The zero-order valence-corrected chi connectivity index (χ0v) is 18.3. The van der Waals surface area contributed by atoms with Crippen molar-refractivity contribution in [1.29, 1.82) is 0 Å². The predicted octanol–water partition coefficient (Wildman–Crippen LogP) is 4.63. The van der Waals surface area contributed by atoms with Crippen LogP contribution in [0.3, 0.4) is 0 Å². The van der Waals surface area contributed by atoms with E-state index in [1.165, 1.54) is 16.8 Å². The van der Waals surface area contributed by atoms with Crippen molar-refractivity contribution >= 4 is 16.9 Å². The molecule has 2 bridgehead atoms. The molecule has 32 heavy (non-hydrogen) atoms. The van der Waals surface area contributed by atoms with Gasteiger partial charge in [-0.15, -0.1) is 0 Å². The first-order chi connectivity index (χ1) is 15.6. The molecule has 6 rings (SSSR count). The maximum absolute atomic E-state index is 13.9. The average Bonchev–Trinajstić information content (AvgIpc) is 3.14. The van der Waals surface area contributed by atoms with E-state index in [0.29, 0.717) is 11.2 Å². The molecular formula is C26H25N5O. The topological polar surface area (TPSA) is 63.9 Å². The Hall–Kier alpha value is -3.54. The van der Waals surface area contributed by atoms with Crippen molar-refractivity contribution in [2.24, 2.45) is 7.05 Å². The van der Waals surface area contributed by atoms with Crippen LogP contribution < -0.4 is 0 Å². The zero-order chi connectivity index (χ0) is 21.8. The average molecular weight is 424 g/mol. The molecular weight excluding hydrogens is 398 g/mol. The van der Waals surface area contributed by atoms with Gasteiger partial charge >= 0.3 is 0 Å². The minimum Gasteiger partial charge on any atom is -0.327 e. The van der Waals surface area contributed by atoms with Gasteiger partial charge in [-0.05, 0) is 50.8 Å². The van der Waals surface area contributed by atoms with Crippen molar-refractivity contribution in [3.63, 3.8) is 0 Å². The number of nitrogens with zero attached hydrogens (tertiary/aromatic N) is 5. The van der Waals surface area contributed by atoms with E-state index in [0.717, 1.165) is 42.5 Å². The highest BCUT2D eigenvalue weighted by atomic mass is 16.2. The molecule has 2 atom stereocenters. The van der Waals surface area contributed by atoms with Crippen LogP contribution in [0.1, 0.15) is 52.6 Å². The molecule has 0 aliphatic carbocycles. The van der Waals surface area contributed by atoms with Gasteiger partial charge in [0.05, 0.1) is 28.7 Å². The number of amides is 1. The molecule has 5 heterocycles. The largest absolute Gasteiger partial charge is 0.327 e. The molecule has 6 heteroatoms. The lowest BCUT2D eigenvalue weighted by molar-refractivity contribution is 0.0391. The molecule has 0 N–H and O–H groups in total. The van der Waals surface area contributed by atoms with Crippen LogP contribution in [0.5, 0.6) is 0 Å². The van der Waals surface area contributed by atoms with Crippen LogP contribution in [-0.4, -0.2) is 36.6 Å². The van der Waals surface area contributed by atoms with Gasteiger partial charge < -0.3 is 4.90 Å². The van der Waals surface area contributed by atoms with Crippen molar-refractivity contribution in [2.75, 3.05) is 0 Å². The molecule has 4 aromatic rings. The number of piperidine rings is 1. The van der Waals surface area contributed by atoms with E-state index < -0.39 is 0 Å². The van der Waals surface area contributed by atoms with Gasteiger partial charge in [0.1, 0.15) is 0 Å². The maximum atomic E-state index is 13.9. The summed E-state index contributed by atoms with van der Waals surface area (Å²) in [5, 5.41) is 5.84. The van der Waals surface area contributed by atoms with E-state index in [9.17, 15) is 4.79 Å². The van der Waals surface area contributed by atoms with Gasteiger partial charge in [-0.3, -0.25) is 9.48 Å². The standard InChI is InChI=1S/C26H25N5O/c1-16-20(14-18-10-7-13-27-25(18)28-16)26(32)31-19-11-6-12-22(31)23-21(15-19)24(30(2)29-23)17-8-4-3-5-9-17/h3-5,7-10,13-14,19,22H,6,11-12,15H2,1-2H3. The van der Waals surface area contributed by atoms with Crippen LogP contribution in [0.25, 0.3) is 22.3 Å². The first-order valence-corrected chi connectivity index (χ1v) is 11.3. The Morgan fingerprint density at radius 2 is 1.94 bits per heavy atom. The van der Waals surface area contributed by atoms with E-state index >= 15 is 0 Å². The zero-order valence-electron chi connectivity index (χ0n) is 18.3. The molecule has 2 aliphatic rings. The van der Waals surface area contributed by atoms with Crippen LogP contribution in [-0.2, 0) is 13.5 Å². The highest BCUT2D eigenvalue weighted by molar-refractivity contribution is 5.99. The lowest BCUT2D eigenvalue weighted by atomic mass is 9.81. The third-order valence-corrected chi connectivity index (χ3v) is 6.97. The molecule has 1 aromatic carbocycles. The van der Waals surface area contributed by atoms with E-state index in [1.807, 2.05) is 42.9 Å². The Labute approximate surface area is 186 Å². The summed E-state index contributed by atoms with van der Waals surface area (Å²) >= 11 is 0. The molecule has 1 fully saturated rings. The molecule has 0 saturated carbocycles. The maximum Gasteiger partial charge on any atom is 0.256 e.